The van der Waals surface area contributed by atoms with E-state index in [4.69, 9.17) is 4.74 Å². The van der Waals surface area contributed by atoms with Crippen molar-refractivity contribution >= 4 is 27.7 Å². The number of carbonyl (C=O) groups is 1. The molecule has 1 amide bonds. The Morgan fingerprint density at radius 2 is 2.12 bits per heavy atom. The molecule has 1 aliphatic rings. The Morgan fingerprint density at radius 3 is 2.83 bits per heavy atom. The van der Waals surface area contributed by atoms with Gasteiger partial charge in [0.15, 0.2) is 0 Å². The Morgan fingerprint density at radius 1 is 1.38 bits per heavy atom. The van der Waals surface area contributed by atoms with Gasteiger partial charge in [0, 0.05) is 50.1 Å². The Labute approximate surface area is 149 Å². The predicted molar refractivity (Wildman–Crippen MR) is 95.4 cm³/mol. The minimum Gasteiger partial charge on any atom is -0.488 e. The second-order valence-corrected chi connectivity index (χ2v) is 6.80. The molecule has 1 aliphatic heterocycles. The quantitative estimate of drug-likeness (QED) is 0.802. The Balaban J connectivity index is 1.72. The summed E-state index contributed by atoms with van der Waals surface area (Å²) in [7, 11) is 3.76. The molecule has 0 saturated carbocycles. The van der Waals surface area contributed by atoms with Gasteiger partial charge < -0.3 is 14.5 Å². The first-order valence-electron chi connectivity index (χ1n) is 7.73. The van der Waals surface area contributed by atoms with E-state index < -0.39 is 0 Å². The van der Waals surface area contributed by atoms with E-state index >= 15 is 0 Å². The summed E-state index contributed by atoms with van der Waals surface area (Å²) in [6.45, 7) is 1.24. The lowest BCUT2D eigenvalue weighted by Crippen LogP contribution is -2.32. The summed E-state index contributed by atoms with van der Waals surface area (Å²) in [5, 5.41) is 0. The molecule has 2 aromatic rings. The monoisotopic (exact) mass is 390 g/mol. The Hall–Kier alpha value is -2.15. The van der Waals surface area contributed by atoms with E-state index in [1.807, 2.05) is 42.1 Å². The van der Waals surface area contributed by atoms with Crippen molar-refractivity contribution < 1.29 is 9.53 Å². The highest BCUT2D eigenvalue weighted by molar-refractivity contribution is 9.10. The molecule has 0 aliphatic carbocycles. The normalized spacial score (nSPS) is 17.0. The number of anilines is 1. The summed E-state index contributed by atoms with van der Waals surface area (Å²) < 4.78 is 6.72. The van der Waals surface area contributed by atoms with Gasteiger partial charge in [-0.15, -0.1) is 0 Å². The van der Waals surface area contributed by atoms with Crippen molar-refractivity contribution in [1.29, 1.82) is 0 Å². The molecular weight excluding hydrogens is 372 g/mol. The summed E-state index contributed by atoms with van der Waals surface area (Å²) in [4.78, 5) is 24.9. The average molecular weight is 391 g/mol. The molecule has 0 aromatic carbocycles. The summed E-state index contributed by atoms with van der Waals surface area (Å²) in [6.07, 6.45) is 5.91. The molecular formula is C17H19BrN4O2. The molecule has 0 spiro atoms. The molecule has 24 heavy (non-hydrogen) atoms. The van der Waals surface area contributed by atoms with Gasteiger partial charge >= 0.3 is 0 Å². The van der Waals surface area contributed by atoms with Gasteiger partial charge in [0.25, 0.3) is 5.91 Å². The van der Waals surface area contributed by atoms with E-state index in [0.29, 0.717) is 24.5 Å². The van der Waals surface area contributed by atoms with Crippen LogP contribution < -0.4 is 9.64 Å². The molecule has 0 bridgehead atoms. The van der Waals surface area contributed by atoms with Gasteiger partial charge in [-0.3, -0.25) is 9.78 Å². The second-order valence-electron chi connectivity index (χ2n) is 5.88. The topological polar surface area (TPSA) is 58.6 Å². The highest BCUT2D eigenvalue weighted by Gasteiger charge is 2.30. The van der Waals surface area contributed by atoms with Crippen molar-refractivity contribution in [3.05, 3.63) is 46.8 Å². The van der Waals surface area contributed by atoms with Crippen LogP contribution >= 0.6 is 15.9 Å². The van der Waals surface area contributed by atoms with Crippen molar-refractivity contribution in [2.45, 2.75) is 12.5 Å². The molecule has 0 unspecified atom stereocenters. The minimum absolute atomic E-state index is 0.000678. The van der Waals surface area contributed by atoms with Crippen molar-refractivity contribution in [3.63, 3.8) is 0 Å². The summed E-state index contributed by atoms with van der Waals surface area (Å²) in [6, 6.07) is 5.47. The molecule has 1 atom stereocenters. The number of nitrogens with zero attached hydrogens (tertiary/aromatic N) is 4. The zero-order valence-corrected chi connectivity index (χ0v) is 15.2. The SMILES string of the molecule is CN(C)c1ncc(Br)cc1C(=O)N1CC[C@@H](Oc2ccncc2)C1. The minimum atomic E-state index is -0.0201. The number of likely N-dealkylation sites (tertiary alicyclic amines) is 1. The fourth-order valence-corrected chi connectivity index (χ4v) is 3.07. The van der Waals surface area contributed by atoms with Crippen LogP contribution in [-0.2, 0) is 0 Å². The first-order valence-corrected chi connectivity index (χ1v) is 8.52. The fraction of sp³-hybridized carbons (Fsp3) is 0.353. The molecule has 1 fully saturated rings. The van der Waals surface area contributed by atoms with E-state index in [-0.39, 0.29) is 12.0 Å². The molecule has 6 nitrogen and oxygen atoms in total. The summed E-state index contributed by atoms with van der Waals surface area (Å²) in [5.74, 6) is 1.43. The zero-order chi connectivity index (χ0) is 17.1. The summed E-state index contributed by atoms with van der Waals surface area (Å²) >= 11 is 3.40. The number of aromatic nitrogens is 2. The fourth-order valence-electron chi connectivity index (χ4n) is 2.73. The van der Waals surface area contributed by atoms with Gasteiger partial charge in [-0.25, -0.2) is 4.98 Å². The molecule has 0 N–H and O–H groups in total. The predicted octanol–water partition coefficient (Wildman–Crippen LogP) is 2.60. The third kappa shape index (κ3) is 3.67. The van der Waals surface area contributed by atoms with Crippen molar-refractivity contribution in [3.8, 4) is 5.75 Å². The molecule has 126 valence electrons. The van der Waals surface area contributed by atoms with Crippen molar-refractivity contribution in [1.82, 2.24) is 14.9 Å². The third-order valence-corrected chi connectivity index (χ3v) is 4.31. The van der Waals surface area contributed by atoms with Crippen LogP contribution in [0.4, 0.5) is 5.82 Å². The number of ether oxygens (including phenoxy) is 1. The van der Waals surface area contributed by atoms with Crippen molar-refractivity contribution in [2.75, 3.05) is 32.1 Å². The number of hydrogen-bond donors (Lipinski definition) is 0. The van der Waals surface area contributed by atoms with Gasteiger partial charge in [-0.1, -0.05) is 0 Å². The molecule has 3 rings (SSSR count). The molecule has 3 heterocycles. The molecule has 2 aromatic heterocycles. The average Bonchev–Trinajstić information content (AvgIpc) is 3.03. The number of amides is 1. The Bertz CT molecular complexity index is 724. The smallest absolute Gasteiger partial charge is 0.257 e. The second kappa shape index (κ2) is 7.17. The maximum absolute atomic E-state index is 12.9. The van der Waals surface area contributed by atoms with Crippen molar-refractivity contribution in [2.24, 2.45) is 0 Å². The van der Waals surface area contributed by atoms with E-state index in [2.05, 4.69) is 25.9 Å². The lowest BCUT2D eigenvalue weighted by molar-refractivity contribution is 0.0772. The van der Waals surface area contributed by atoms with Gasteiger partial charge in [-0.05, 0) is 34.1 Å². The first kappa shape index (κ1) is 16.7. The van der Waals surface area contributed by atoms with Crippen LogP contribution in [0.3, 0.4) is 0 Å². The van der Waals surface area contributed by atoms with Crippen LogP contribution in [0.25, 0.3) is 0 Å². The van der Waals surface area contributed by atoms with Gasteiger partial charge in [-0.2, -0.15) is 0 Å². The van der Waals surface area contributed by atoms with Crippen LogP contribution in [0.1, 0.15) is 16.8 Å². The van der Waals surface area contributed by atoms with Gasteiger partial charge in [0.2, 0.25) is 0 Å². The van der Waals surface area contributed by atoms with E-state index in [9.17, 15) is 4.79 Å². The standard InChI is InChI=1S/C17H19BrN4O2/c1-21(2)16-15(9-12(18)10-20-16)17(23)22-8-5-14(11-22)24-13-3-6-19-7-4-13/h3-4,6-7,9-10,14H,5,8,11H2,1-2H3/t14-/m1/s1. The number of carbonyl (C=O) groups excluding carboxylic acids is 1. The van der Waals surface area contributed by atoms with Crippen LogP contribution in [0.5, 0.6) is 5.75 Å². The zero-order valence-electron chi connectivity index (χ0n) is 13.6. The molecule has 7 heteroatoms. The maximum Gasteiger partial charge on any atom is 0.257 e. The number of hydrogen-bond acceptors (Lipinski definition) is 5. The highest BCUT2D eigenvalue weighted by atomic mass is 79.9. The van der Waals surface area contributed by atoms with Crippen LogP contribution in [0, 0.1) is 0 Å². The number of halogens is 1. The third-order valence-electron chi connectivity index (χ3n) is 3.87. The largest absolute Gasteiger partial charge is 0.488 e. The summed E-state index contributed by atoms with van der Waals surface area (Å²) in [5.41, 5.74) is 0.596. The number of rotatable bonds is 4. The first-order chi connectivity index (χ1) is 11.5. The van der Waals surface area contributed by atoms with Gasteiger partial charge in [0.05, 0.1) is 12.1 Å². The molecule has 1 saturated heterocycles. The van der Waals surface area contributed by atoms with Crippen LogP contribution in [0.2, 0.25) is 0 Å². The van der Waals surface area contributed by atoms with Crippen LogP contribution in [-0.4, -0.2) is 54.1 Å². The van der Waals surface area contributed by atoms with E-state index in [1.165, 1.54) is 0 Å². The van der Waals surface area contributed by atoms with E-state index in [0.717, 1.165) is 16.6 Å². The highest BCUT2D eigenvalue weighted by Crippen LogP contribution is 2.24. The van der Waals surface area contributed by atoms with E-state index in [1.54, 1.807) is 18.6 Å². The lowest BCUT2D eigenvalue weighted by Gasteiger charge is -2.21. The maximum atomic E-state index is 12.9. The van der Waals surface area contributed by atoms with Gasteiger partial charge in [0.1, 0.15) is 17.7 Å². The number of pyridine rings is 2. The molecule has 0 radical (unpaired) electrons. The lowest BCUT2D eigenvalue weighted by atomic mass is 10.2. The van der Waals surface area contributed by atoms with Crippen LogP contribution in [0.15, 0.2) is 41.3 Å². The Kier molecular flexibility index (Phi) is 4.99.